The number of methoxy groups -OCH3 is 2. The molecule has 2 aromatic heterocycles. The monoisotopic (exact) mass is 457 g/mol. The number of ether oxygens (including phenoxy) is 2. The van der Waals surface area contributed by atoms with Crippen LogP contribution in [0.5, 0.6) is 11.5 Å². The van der Waals surface area contributed by atoms with Crippen LogP contribution in [0, 0.1) is 13.8 Å². The van der Waals surface area contributed by atoms with E-state index in [-0.39, 0.29) is 5.57 Å². The fourth-order valence-electron chi connectivity index (χ4n) is 3.57. The van der Waals surface area contributed by atoms with Crippen LogP contribution in [0.3, 0.4) is 0 Å². The van der Waals surface area contributed by atoms with Crippen LogP contribution >= 0.6 is 22.7 Å². The maximum atomic E-state index is 13.5. The van der Waals surface area contributed by atoms with Crippen molar-refractivity contribution in [1.29, 1.82) is 0 Å². The summed E-state index contributed by atoms with van der Waals surface area (Å²) < 4.78 is 10.7. The third-order valence-electron chi connectivity index (χ3n) is 4.91. The summed E-state index contributed by atoms with van der Waals surface area (Å²) in [6.45, 7) is 3.53. The Labute approximate surface area is 186 Å². The summed E-state index contributed by atoms with van der Waals surface area (Å²) in [5.41, 5.74) is 1.12. The Kier molecular flexibility index (Phi) is 5.50. The maximum absolute atomic E-state index is 13.5. The van der Waals surface area contributed by atoms with Crippen molar-refractivity contribution in [3.05, 3.63) is 62.3 Å². The van der Waals surface area contributed by atoms with Crippen LogP contribution in [0.2, 0.25) is 0 Å². The predicted octanol–water partition coefficient (Wildman–Crippen LogP) is 4.02. The minimum absolute atomic E-state index is 0.0147. The van der Waals surface area contributed by atoms with Gasteiger partial charge in [-0.15, -0.1) is 22.7 Å². The summed E-state index contributed by atoms with van der Waals surface area (Å²) in [5.74, 6) is -0.767. The number of rotatable bonds is 6. The first kappa shape index (κ1) is 21.0. The summed E-state index contributed by atoms with van der Waals surface area (Å²) in [7, 11) is 3.02. The molecule has 160 valence electrons. The van der Waals surface area contributed by atoms with Gasteiger partial charge in [-0.2, -0.15) is 0 Å². The minimum atomic E-state index is -0.882. The van der Waals surface area contributed by atoms with Crippen LogP contribution in [-0.2, 0) is 4.79 Å². The highest BCUT2D eigenvalue weighted by molar-refractivity contribution is 7.14. The lowest BCUT2D eigenvalue weighted by Gasteiger charge is -2.25. The molecule has 1 aromatic carbocycles. The highest BCUT2D eigenvalue weighted by Gasteiger charge is 2.46. The largest absolute Gasteiger partial charge is 0.503 e. The standard InChI is InChI=1S/C21H19N3O5S2/c1-10-19(31-11(2)23-10)17(25)15-16(12-5-6-13(28-3)14(9-12)29-4)24(20(27)18(15)26)21-22-7-8-30-21/h5-9,16,26H,1-4H3. The van der Waals surface area contributed by atoms with Crippen molar-refractivity contribution >= 4 is 39.5 Å². The molecular weight excluding hydrogens is 438 g/mol. The summed E-state index contributed by atoms with van der Waals surface area (Å²) in [4.78, 5) is 36.8. The van der Waals surface area contributed by atoms with Gasteiger partial charge in [-0.25, -0.2) is 9.97 Å². The van der Waals surface area contributed by atoms with Crippen molar-refractivity contribution in [2.45, 2.75) is 19.9 Å². The summed E-state index contributed by atoms with van der Waals surface area (Å²) >= 11 is 2.47. The van der Waals surface area contributed by atoms with E-state index >= 15 is 0 Å². The Hall–Kier alpha value is -3.24. The fourth-order valence-corrected chi connectivity index (χ4v) is 5.11. The number of carbonyl (C=O) groups excluding carboxylic acids is 2. The highest BCUT2D eigenvalue weighted by atomic mass is 32.1. The van der Waals surface area contributed by atoms with Gasteiger partial charge in [0.1, 0.15) is 0 Å². The molecule has 0 spiro atoms. The zero-order valence-electron chi connectivity index (χ0n) is 17.2. The van der Waals surface area contributed by atoms with E-state index in [0.717, 1.165) is 5.01 Å². The number of Topliss-reactive ketones (excluding diaryl/α,β-unsaturated/α-hetero) is 1. The molecule has 3 heterocycles. The van der Waals surface area contributed by atoms with Gasteiger partial charge in [-0.3, -0.25) is 14.5 Å². The first-order valence-corrected chi connectivity index (χ1v) is 10.9. The Bertz CT molecular complexity index is 1200. The molecule has 0 saturated heterocycles. The summed E-state index contributed by atoms with van der Waals surface area (Å²) in [6, 6.07) is 4.23. The van der Waals surface area contributed by atoms with Gasteiger partial charge in [0.05, 0.1) is 41.4 Å². The van der Waals surface area contributed by atoms with Gasteiger partial charge >= 0.3 is 0 Å². The van der Waals surface area contributed by atoms with Crippen molar-refractivity contribution in [1.82, 2.24) is 9.97 Å². The molecule has 1 unspecified atom stereocenters. The van der Waals surface area contributed by atoms with Crippen molar-refractivity contribution in [3.8, 4) is 11.5 Å². The number of hydrogen-bond acceptors (Lipinski definition) is 9. The Morgan fingerprint density at radius 1 is 1.19 bits per heavy atom. The molecule has 0 fully saturated rings. The van der Waals surface area contributed by atoms with Gasteiger partial charge in [-0.1, -0.05) is 6.07 Å². The number of aliphatic hydroxyl groups is 1. The van der Waals surface area contributed by atoms with E-state index in [2.05, 4.69) is 9.97 Å². The van der Waals surface area contributed by atoms with E-state index in [1.54, 1.807) is 43.6 Å². The molecule has 4 rings (SSSR count). The van der Waals surface area contributed by atoms with Gasteiger partial charge in [0, 0.05) is 11.6 Å². The van der Waals surface area contributed by atoms with Crippen molar-refractivity contribution in [3.63, 3.8) is 0 Å². The van der Waals surface area contributed by atoms with Gasteiger partial charge in [0.25, 0.3) is 5.91 Å². The molecule has 1 N–H and O–H groups in total. The molecule has 31 heavy (non-hydrogen) atoms. The molecule has 1 aliphatic heterocycles. The molecule has 10 heteroatoms. The number of amides is 1. The number of benzene rings is 1. The van der Waals surface area contributed by atoms with E-state index in [1.807, 2.05) is 0 Å². The van der Waals surface area contributed by atoms with Crippen LogP contribution < -0.4 is 14.4 Å². The molecule has 1 aliphatic rings. The van der Waals surface area contributed by atoms with Gasteiger partial charge in [0.15, 0.2) is 22.4 Å². The van der Waals surface area contributed by atoms with Gasteiger partial charge < -0.3 is 14.6 Å². The topological polar surface area (TPSA) is 102 Å². The number of carbonyl (C=O) groups is 2. The lowest BCUT2D eigenvalue weighted by atomic mass is 9.95. The number of ketones is 1. The average Bonchev–Trinajstić information content (AvgIpc) is 3.46. The number of thiazole rings is 2. The predicted molar refractivity (Wildman–Crippen MR) is 117 cm³/mol. The molecule has 1 atom stereocenters. The third kappa shape index (κ3) is 3.47. The molecule has 3 aromatic rings. The molecular formula is C21H19N3O5S2. The first-order chi connectivity index (χ1) is 14.9. The van der Waals surface area contributed by atoms with Crippen LogP contribution in [0.15, 0.2) is 41.1 Å². The van der Waals surface area contributed by atoms with E-state index in [0.29, 0.717) is 32.8 Å². The van der Waals surface area contributed by atoms with Crippen LogP contribution in [0.1, 0.15) is 32.0 Å². The number of aryl methyl sites for hydroxylation is 2. The number of aliphatic hydroxyl groups excluding tert-OH is 1. The van der Waals surface area contributed by atoms with Gasteiger partial charge in [0.2, 0.25) is 5.78 Å². The second kappa shape index (κ2) is 8.12. The van der Waals surface area contributed by atoms with Crippen LogP contribution in [-0.4, -0.2) is 41.0 Å². The molecule has 0 aliphatic carbocycles. The van der Waals surface area contributed by atoms with Crippen LogP contribution in [0.4, 0.5) is 5.13 Å². The zero-order valence-corrected chi connectivity index (χ0v) is 18.8. The Morgan fingerprint density at radius 3 is 2.52 bits per heavy atom. The molecule has 1 amide bonds. The number of nitrogens with zero attached hydrogens (tertiary/aromatic N) is 3. The lowest BCUT2D eigenvalue weighted by Crippen LogP contribution is -2.31. The second-order valence-electron chi connectivity index (χ2n) is 6.75. The first-order valence-electron chi connectivity index (χ1n) is 9.24. The number of hydrogen-bond donors (Lipinski definition) is 1. The SMILES string of the molecule is COc1ccc(C2C(C(=O)c3sc(C)nc3C)=C(O)C(=O)N2c2nccs2)cc1OC. The fraction of sp³-hybridized carbons (Fsp3) is 0.238. The van der Waals surface area contributed by atoms with Crippen molar-refractivity contribution in [2.75, 3.05) is 19.1 Å². The molecule has 0 bridgehead atoms. The lowest BCUT2D eigenvalue weighted by molar-refractivity contribution is -0.117. The van der Waals surface area contributed by atoms with E-state index in [4.69, 9.17) is 9.47 Å². The summed E-state index contributed by atoms with van der Waals surface area (Å²) in [5, 5.41) is 13.6. The normalized spacial score (nSPS) is 16.2. The Morgan fingerprint density at radius 2 is 1.94 bits per heavy atom. The maximum Gasteiger partial charge on any atom is 0.296 e. The van der Waals surface area contributed by atoms with E-state index in [1.165, 1.54) is 41.8 Å². The molecule has 0 radical (unpaired) electrons. The molecule has 8 nitrogen and oxygen atoms in total. The average molecular weight is 458 g/mol. The second-order valence-corrected chi connectivity index (χ2v) is 8.82. The third-order valence-corrected chi connectivity index (χ3v) is 6.75. The minimum Gasteiger partial charge on any atom is -0.503 e. The molecule has 0 saturated carbocycles. The highest BCUT2D eigenvalue weighted by Crippen LogP contribution is 2.44. The smallest absolute Gasteiger partial charge is 0.296 e. The quantitative estimate of drug-likeness (QED) is 0.558. The van der Waals surface area contributed by atoms with Crippen molar-refractivity contribution in [2.24, 2.45) is 0 Å². The van der Waals surface area contributed by atoms with E-state index < -0.39 is 23.5 Å². The van der Waals surface area contributed by atoms with Crippen LogP contribution in [0.25, 0.3) is 0 Å². The van der Waals surface area contributed by atoms with Gasteiger partial charge in [-0.05, 0) is 31.5 Å². The van der Waals surface area contributed by atoms with E-state index in [9.17, 15) is 14.7 Å². The van der Waals surface area contributed by atoms with Crippen molar-refractivity contribution < 1.29 is 24.2 Å². The number of anilines is 1. The number of aromatic nitrogens is 2. The summed E-state index contributed by atoms with van der Waals surface area (Å²) in [6.07, 6.45) is 1.56. The zero-order chi connectivity index (χ0) is 22.3. The Balaban J connectivity index is 1.90.